The minimum atomic E-state index is -1.19. The van der Waals surface area contributed by atoms with Gasteiger partial charge in [-0.15, -0.1) is 0 Å². The molecule has 2 rings (SSSR count). The molecule has 4 nitrogen and oxygen atoms in total. The Morgan fingerprint density at radius 3 is 2.00 bits per heavy atom. The lowest BCUT2D eigenvalue weighted by molar-refractivity contribution is -0.140. The van der Waals surface area contributed by atoms with Crippen molar-refractivity contribution in [3.63, 3.8) is 0 Å². The maximum absolute atomic E-state index is 9.12. The molecule has 0 heterocycles. The van der Waals surface area contributed by atoms with E-state index in [1.807, 2.05) is 12.1 Å². The summed E-state index contributed by atoms with van der Waals surface area (Å²) in [6.45, 7) is -0.778. The predicted molar refractivity (Wildman–Crippen MR) is 40.5 cm³/mol. The Morgan fingerprint density at radius 1 is 1.42 bits per heavy atom. The number of rotatable bonds is 1. The second-order valence-electron chi connectivity index (χ2n) is 2.28. The third-order valence-corrected chi connectivity index (χ3v) is 1.44. The van der Waals surface area contributed by atoms with Gasteiger partial charge in [0, 0.05) is 5.22 Å². The molecular formula is C8H8O4. The molecule has 0 aromatic heterocycles. The van der Waals surface area contributed by atoms with Crippen molar-refractivity contribution in [1.82, 2.24) is 0 Å². The molecule has 0 unspecified atom stereocenters. The van der Waals surface area contributed by atoms with Crippen LogP contribution in [-0.2, 0) is 4.79 Å². The van der Waals surface area contributed by atoms with Gasteiger partial charge in [0.2, 0.25) is 0 Å². The van der Waals surface area contributed by atoms with Crippen LogP contribution >= 0.6 is 0 Å². The van der Waals surface area contributed by atoms with E-state index in [0.29, 0.717) is 5.75 Å². The first-order chi connectivity index (χ1) is 5.65. The van der Waals surface area contributed by atoms with Crippen molar-refractivity contribution in [2.75, 3.05) is 6.61 Å². The molecule has 2 aliphatic rings. The third-order valence-electron chi connectivity index (χ3n) is 1.44. The predicted octanol–water partition coefficient (Wildman–Crippen LogP) is 0.0559. The fourth-order valence-corrected chi connectivity index (χ4v) is 0.769. The van der Waals surface area contributed by atoms with E-state index >= 15 is 0 Å². The Balaban J connectivity index is 0.000000130. The summed E-state index contributed by atoms with van der Waals surface area (Å²) in [6.07, 6.45) is 0. The van der Waals surface area contributed by atoms with Crippen molar-refractivity contribution in [2.24, 2.45) is 0 Å². The average Bonchev–Trinajstić information content (AvgIpc) is 2.00. The number of hydrogen-bond donors (Lipinski definition) is 3. The maximum Gasteiger partial charge on any atom is 0.329 e. The normalized spacial score (nSPS) is 9.75. The summed E-state index contributed by atoms with van der Waals surface area (Å²) in [5.74, 6) is -0.748. The van der Waals surface area contributed by atoms with E-state index in [-0.39, 0.29) is 0 Å². The summed E-state index contributed by atoms with van der Waals surface area (Å²) in [5.41, 5.74) is 0. The Hall–Kier alpha value is -1.55. The SMILES string of the molecule is O=C(O)CO.Oc1cc2ccc1=2. The quantitative estimate of drug-likeness (QED) is 0.562. The minimum Gasteiger partial charge on any atom is -0.507 e. The molecule has 0 radical (unpaired) electrons. The fraction of sp³-hybridized carbons (Fsp3) is 0.125. The molecule has 0 aromatic rings. The number of carbonyl (C=O) groups is 1. The molecule has 2 aliphatic carbocycles. The van der Waals surface area contributed by atoms with E-state index in [0.717, 1.165) is 5.22 Å². The van der Waals surface area contributed by atoms with Gasteiger partial charge in [0.1, 0.15) is 12.4 Å². The monoisotopic (exact) mass is 168 g/mol. The van der Waals surface area contributed by atoms with Crippen molar-refractivity contribution in [2.45, 2.75) is 0 Å². The van der Waals surface area contributed by atoms with Crippen LogP contribution in [0.1, 0.15) is 0 Å². The van der Waals surface area contributed by atoms with E-state index < -0.39 is 12.6 Å². The lowest BCUT2D eigenvalue weighted by Crippen LogP contribution is -1.98. The van der Waals surface area contributed by atoms with Gasteiger partial charge >= 0.3 is 5.97 Å². The minimum absolute atomic E-state index is 0.442. The molecule has 12 heavy (non-hydrogen) atoms. The largest absolute Gasteiger partial charge is 0.507 e. The van der Waals surface area contributed by atoms with Gasteiger partial charge in [-0.2, -0.15) is 0 Å². The van der Waals surface area contributed by atoms with Gasteiger partial charge in [0.05, 0.1) is 0 Å². The zero-order chi connectivity index (χ0) is 9.14. The zero-order valence-corrected chi connectivity index (χ0v) is 6.19. The molecule has 0 amide bonds. The van der Waals surface area contributed by atoms with Gasteiger partial charge < -0.3 is 15.3 Å². The number of phenols is 1. The summed E-state index contributed by atoms with van der Waals surface area (Å²) < 4.78 is 0. The number of aliphatic hydroxyl groups is 1. The maximum atomic E-state index is 9.12. The first-order valence-electron chi connectivity index (χ1n) is 3.31. The van der Waals surface area contributed by atoms with Gasteiger partial charge in [-0.25, -0.2) is 4.79 Å². The molecule has 0 saturated heterocycles. The molecule has 0 bridgehead atoms. The topological polar surface area (TPSA) is 77.8 Å². The second-order valence-corrected chi connectivity index (χ2v) is 2.28. The lowest BCUT2D eigenvalue weighted by Gasteiger charge is -2.02. The van der Waals surface area contributed by atoms with Crippen LogP contribution in [0.25, 0.3) is 0 Å². The van der Waals surface area contributed by atoms with Crippen molar-refractivity contribution >= 4 is 5.97 Å². The van der Waals surface area contributed by atoms with E-state index in [1.165, 1.54) is 5.22 Å². The van der Waals surface area contributed by atoms with Crippen molar-refractivity contribution in [1.29, 1.82) is 0 Å². The van der Waals surface area contributed by atoms with Gasteiger partial charge in [-0.3, -0.25) is 0 Å². The van der Waals surface area contributed by atoms with Crippen LogP contribution < -0.4 is 0 Å². The zero-order valence-electron chi connectivity index (χ0n) is 6.19. The molecule has 3 N–H and O–H groups in total. The first-order valence-corrected chi connectivity index (χ1v) is 3.31. The second kappa shape index (κ2) is 3.23. The molecule has 0 aromatic carbocycles. The van der Waals surface area contributed by atoms with Crippen molar-refractivity contribution in [3.05, 3.63) is 28.6 Å². The van der Waals surface area contributed by atoms with Crippen LogP contribution in [0.3, 0.4) is 0 Å². The smallest absolute Gasteiger partial charge is 0.329 e. The van der Waals surface area contributed by atoms with Gasteiger partial charge in [0.15, 0.2) is 0 Å². The van der Waals surface area contributed by atoms with Crippen LogP contribution in [0.15, 0.2) is 18.2 Å². The summed E-state index contributed by atoms with van der Waals surface area (Å²) in [4.78, 5) is 9.12. The molecule has 0 aliphatic heterocycles. The van der Waals surface area contributed by atoms with Gasteiger partial charge in [-0.1, -0.05) is 12.1 Å². The number of aliphatic hydroxyl groups excluding tert-OH is 1. The number of carboxylic acid groups (broad SMARTS) is 1. The average molecular weight is 168 g/mol. The number of carboxylic acids is 1. The third kappa shape index (κ3) is 1.54. The number of phenolic OH excluding ortho intramolecular Hbond substituents is 1. The Morgan fingerprint density at radius 2 is 2.00 bits per heavy atom. The van der Waals surface area contributed by atoms with E-state index in [2.05, 4.69) is 0 Å². The summed E-state index contributed by atoms with van der Waals surface area (Å²) in [7, 11) is 0. The number of aliphatic carboxylic acids is 1. The molecular weight excluding hydrogens is 160 g/mol. The van der Waals surface area contributed by atoms with Crippen molar-refractivity contribution in [3.8, 4) is 5.75 Å². The number of hydrogen-bond acceptors (Lipinski definition) is 3. The van der Waals surface area contributed by atoms with Gasteiger partial charge in [-0.05, 0) is 11.3 Å². The van der Waals surface area contributed by atoms with Crippen molar-refractivity contribution < 1.29 is 20.1 Å². The Labute approximate surface area is 68.0 Å². The van der Waals surface area contributed by atoms with E-state index in [9.17, 15) is 0 Å². The highest BCUT2D eigenvalue weighted by atomic mass is 16.4. The molecule has 0 spiro atoms. The van der Waals surface area contributed by atoms with E-state index in [4.69, 9.17) is 20.1 Å². The number of aromatic hydroxyl groups is 1. The molecule has 0 atom stereocenters. The van der Waals surface area contributed by atoms with Crippen LogP contribution in [0.5, 0.6) is 5.75 Å². The molecule has 0 saturated carbocycles. The molecule has 0 fully saturated rings. The highest BCUT2D eigenvalue weighted by molar-refractivity contribution is 5.67. The number of benzene rings is 1. The summed E-state index contributed by atoms with van der Waals surface area (Å²) in [6, 6.07) is 5.65. The first kappa shape index (κ1) is 8.55. The van der Waals surface area contributed by atoms with E-state index in [1.54, 1.807) is 6.07 Å². The fourth-order valence-electron chi connectivity index (χ4n) is 0.769. The Kier molecular flexibility index (Phi) is 2.30. The Bertz CT molecular complexity index is 383. The summed E-state index contributed by atoms with van der Waals surface area (Å²) >= 11 is 0. The van der Waals surface area contributed by atoms with Crippen LogP contribution in [0.2, 0.25) is 0 Å². The van der Waals surface area contributed by atoms with Gasteiger partial charge in [0.25, 0.3) is 0 Å². The molecule has 4 heteroatoms. The van der Waals surface area contributed by atoms with Crippen LogP contribution in [0, 0.1) is 10.4 Å². The molecule has 64 valence electrons. The standard InChI is InChI=1S/C6H4O.C2H4O3/c7-6-3-4-1-2-5(4)6;3-1-2(4)5/h1-3,7H;3H,1H2,(H,4,5). The lowest BCUT2D eigenvalue weighted by atomic mass is 10.1. The van der Waals surface area contributed by atoms with Crippen LogP contribution in [0.4, 0.5) is 0 Å². The highest BCUT2D eigenvalue weighted by Gasteiger charge is 2.00. The summed E-state index contributed by atoms with van der Waals surface area (Å²) in [5, 5.41) is 25.9. The van der Waals surface area contributed by atoms with Crippen LogP contribution in [-0.4, -0.2) is 27.9 Å². The highest BCUT2D eigenvalue weighted by Crippen LogP contribution is 2.21.